The zero-order valence-corrected chi connectivity index (χ0v) is 15.8. The van der Waals surface area contributed by atoms with E-state index in [9.17, 15) is 22.8 Å². The zero-order valence-electron chi connectivity index (χ0n) is 15.8. The van der Waals surface area contributed by atoms with Gasteiger partial charge in [0.2, 0.25) is 11.8 Å². The van der Waals surface area contributed by atoms with Crippen LogP contribution in [0.4, 0.5) is 13.2 Å². The molecular weight excluding hydrogens is 371 g/mol. The van der Waals surface area contributed by atoms with Crippen molar-refractivity contribution in [2.75, 3.05) is 13.1 Å². The lowest BCUT2D eigenvalue weighted by Crippen LogP contribution is -2.46. The van der Waals surface area contributed by atoms with Crippen molar-refractivity contribution in [1.82, 2.24) is 15.2 Å². The smallest absolute Gasteiger partial charge is 0.352 e. The van der Waals surface area contributed by atoms with E-state index in [4.69, 9.17) is 0 Å². The summed E-state index contributed by atoms with van der Waals surface area (Å²) in [5, 5.41) is 2.89. The Hall–Kier alpha value is -2.12. The Balaban J connectivity index is 1.45. The Bertz CT molecular complexity index is 673. The number of nitrogens with one attached hydrogen (secondary N) is 1. The Morgan fingerprint density at radius 2 is 1.89 bits per heavy atom. The first-order valence-corrected chi connectivity index (χ1v) is 9.86. The van der Waals surface area contributed by atoms with Crippen molar-refractivity contribution in [3.8, 4) is 0 Å². The van der Waals surface area contributed by atoms with E-state index in [1.807, 2.05) is 6.07 Å². The third-order valence-corrected chi connectivity index (χ3v) is 5.85. The monoisotopic (exact) mass is 397 g/mol. The van der Waals surface area contributed by atoms with Gasteiger partial charge in [-0.1, -0.05) is 12.5 Å². The van der Waals surface area contributed by atoms with Gasteiger partial charge in [-0.2, -0.15) is 13.2 Å². The molecule has 1 aromatic rings. The number of hydrogen-bond acceptors (Lipinski definition) is 3. The average Bonchev–Trinajstić information content (AvgIpc) is 2.72. The van der Waals surface area contributed by atoms with Gasteiger partial charge >= 0.3 is 6.18 Å². The second-order valence-electron chi connectivity index (χ2n) is 7.78. The Labute approximate surface area is 162 Å². The molecule has 0 radical (unpaired) electrons. The van der Waals surface area contributed by atoms with E-state index in [0.29, 0.717) is 45.3 Å². The highest BCUT2D eigenvalue weighted by atomic mass is 19.4. The van der Waals surface area contributed by atoms with Crippen LogP contribution in [0.25, 0.3) is 0 Å². The fourth-order valence-electron chi connectivity index (χ4n) is 4.17. The van der Waals surface area contributed by atoms with Gasteiger partial charge in [-0.25, -0.2) is 0 Å². The number of piperidine rings is 1. The fourth-order valence-corrected chi connectivity index (χ4v) is 4.17. The molecule has 0 bridgehead atoms. The molecule has 1 aromatic heterocycles. The minimum atomic E-state index is -4.22. The van der Waals surface area contributed by atoms with Gasteiger partial charge < -0.3 is 10.2 Å². The van der Waals surface area contributed by atoms with Crippen molar-refractivity contribution in [3.63, 3.8) is 0 Å². The SMILES string of the molecule is O=C(NCc1cccnc1)C1CCN(C(=O)C2CCCC(C(F)(F)F)C2)CC1. The molecule has 1 saturated carbocycles. The molecule has 2 amide bonds. The van der Waals surface area contributed by atoms with Crippen LogP contribution in [0.2, 0.25) is 0 Å². The maximum absolute atomic E-state index is 13.0. The standard InChI is InChI=1S/C20H26F3N3O2/c21-20(22,23)17-5-1-4-16(11-17)19(28)26-9-6-15(7-10-26)18(27)25-13-14-3-2-8-24-12-14/h2-3,8,12,15-17H,1,4-7,9-11,13H2,(H,25,27). The summed E-state index contributed by atoms with van der Waals surface area (Å²) in [4.78, 5) is 30.7. The molecular formula is C20H26F3N3O2. The average molecular weight is 397 g/mol. The predicted octanol–water partition coefficient (Wildman–Crippen LogP) is 3.31. The number of pyridine rings is 1. The number of nitrogens with zero attached hydrogens (tertiary/aromatic N) is 2. The summed E-state index contributed by atoms with van der Waals surface area (Å²) in [5.41, 5.74) is 0.917. The van der Waals surface area contributed by atoms with Crippen LogP contribution in [-0.4, -0.2) is 41.0 Å². The molecule has 2 aliphatic rings. The van der Waals surface area contributed by atoms with Gasteiger partial charge in [0.1, 0.15) is 0 Å². The van der Waals surface area contributed by atoms with Gasteiger partial charge in [0, 0.05) is 43.9 Å². The highest BCUT2D eigenvalue weighted by Gasteiger charge is 2.44. The van der Waals surface area contributed by atoms with Crippen LogP contribution in [0.3, 0.4) is 0 Å². The summed E-state index contributed by atoms with van der Waals surface area (Å²) in [6.45, 7) is 1.26. The molecule has 0 spiro atoms. The molecule has 0 aromatic carbocycles. The van der Waals surface area contributed by atoms with Crippen LogP contribution in [0.15, 0.2) is 24.5 Å². The van der Waals surface area contributed by atoms with E-state index in [0.717, 1.165) is 5.56 Å². The molecule has 1 aliphatic carbocycles. The normalized spacial score (nSPS) is 24.0. The highest BCUT2D eigenvalue weighted by molar-refractivity contribution is 5.81. The molecule has 2 unspecified atom stereocenters. The number of alkyl halides is 3. The molecule has 1 N–H and O–H groups in total. The highest BCUT2D eigenvalue weighted by Crippen LogP contribution is 2.40. The minimum absolute atomic E-state index is 0.0502. The molecule has 5 nitrogen and oxygen atoms in total. The van der Waals surface area contributed by atoms with Crippen LogP contribution in [0, 0.1) is 17.8 Å². The number of aromatic nitrogens is 1. The molecule has 154 valence electrons. The van der Waals surface area contributed by atoms with E-state index in [2.05, 4.69) is 10.3 Å². The lowest BCUT2D eigenvalue weighted by Gasteiger charge is -2.36. The third-order valence-electron chi connectivity index (χ3n) is 5.85. The van der Waals surface area contributed by atoms with Gasteiger partial charge in [-0.15, -0.1) is 0 Å². The maximum atomic E-state index is 13.0. The van der Waals surface area contributed by atoms with Crippen LogP contribution >= 0.6 is 0 Å². The first kappa shape index (κ1) is 20.6. The zero-order chi connectivity index (χ0) is 20.1. The molecule has 2 atom stereocenters. The fraction of sp³-hybridized carbons (Fsp3) is 0.650. The second-order valence-corrected chi connectivity index (χ2v) is 7.78. The summed E-state index contributed by atoms with van der Waals surface area (Å²) in [6.07, 6.45) is 1.20. The summed E-state index contributed by atoms with van der Waals surface area (Å²) in [5.74, 6) is -2.31. The third kappa shape index (κ3) is 5.23. The molecule has 1 aliphatic heterocycles. The number of rotatable bonds is 4. The summed E-state index contributed by atoms with van der Waals surface area (Å²) < 4.78 is 38.9. The maximum Gasteiger partial charge on any atom is 0.391 e. The summed E-state index contributed by atoms with van der Waals surface area (Å²) >= 11 is 0. The van der Waals surface area contributed by atoms with Crippen molar-refractivity contribution in [3.05, 3.63) is 30.1 Å². The molecule has 28 heavy (non-hydrogen) atoms. The number of likely N-dealkylation sites (tertiary alicyclic amines) is 1. The first-order valence-electron chi connectivity index (χ1n) is 9.86. The Morgan fingerprint density at radius 1 is 1.14 bits per heavy atom. The number of carbonyl (C=O) groups is 2. The van der Waals surface area contributed by atoms with Crippen LogP contribution < -0.4 is 5.32 Å². The second kappa shape index (κ2) is 8.92. The van der Waals surface area contributed by atoms with Crippen molar-refractivity contribution in [2.45, 2.75) is 51.2 Å². The predicted molar refractivity (Wildman–Crippen MR) is 96.9 cm³/mol. The number of halogens is 3. The lowest BCUT2D eigenvalue weighted by molar-refractivity contribution is -0.187. The minimum Gasteiger partial charge on any atom is -0.352 e. The molecule has 2 fully saturated rings. The Kier molecular flexibility index (Phi) is 6.57. The quantitative estimate of drug-likeness (QED) is 0.848. The summed E-state index contributed by atoms with van der Waals surface area (Å²) in [7, 11) is 0. The van der Waals surface area contributed by atoms with Gasteiger partial charge in [0.25, 0.3) is 0 Å². The van der Waals surface area contributed by atoms with Crippen LogP contribution in [0.5, 0.6) is 0 Å². The van der Waals surface area contributed by atoms with Gasteiger partial charge in [-0.05, 0) is 43.7 Å². The van der Waals surface area contributed by atoms with E-state index in [1.165, 1.54) is 0 Å². The van der Waals surface area contributed by atoms with Gasteiger partial charge in [0.15, 0.2) is 0 Å². The first-order chi connectivity index (χ1) is 13.3. The van der Waals surface area contributed by atoms with E-state index in [-0.39, 0.29) is 30.6 Å². The largest absolute Gasteiger partial charge is 0.391 e. The van der Waals surface area contributed by atoms with Crippen LogP contribution in [-0.2, 0) is 16.1 Å². The molecule has 1 saturated heterocycles. The summed E-state index contributed by atoms with van der Waals surface area (Å²) in [6, 6.07) is 3.69. The molecule has 8 heteroatoms. The van der Waals surface area contributed by atoms with Crippen molar-refractivity contribution in [2.24, 2.45) is 17.8 Å². The Morgan fingerprint density at radius 3 is 2.54 bits per heavy atom. The van der Waals surface area contributed by atoms with Crippen molar-refractivity contribution in [1.29, 1.82) is 0 Å². The number of hydrogen-bond donors (Lipinski definition) is 1. The topological polar surface area (TPSA) is 62.3 Å². The molecule has 2 heterocycles. The number of amides is 2. The van der Waals surface area contributed by atoms with E-state index < -0.39 is 18.0 Å². The van der Waals surface area contributed by atoms with Crippen molar-refractivity contribution >= 4 is 11.8 Å². The van der Waals surface area contributed by atoms with Gasteiger partial charge in [-0.3, -0.25) is 14.6 Å². The van der Waals surface area contributed by atoms with Crippen molar-refractivity contribution < 1.29 is 22.8 Å². The number of carbonyl (C=O) groups excluding carboxylic acids is 2. The van der Waals surface area contributed by atoms with E-state index in [1.54, 1.807) is 23.4 Å². The van der Waals surface area contributed by atoms with E-state index >= 15 is 0 Å². The van der Waals surface area contributed by atoms with Crippen LogP contribution in [0.1, 0.15) is 44.1 Å². The molecule has 3 rings (SSSR count). The lowest BCUT2D eigenvalue weighted by atomic mass is 9.80. The van der Waals surface area contributed by atoms with Gasteiger partial charge in [0.05, 0.1) is 5.92 Å².